The van der Waals surface area contributed by atoms with Crippen molar-refractivity contribution in [1.29, 1.82) is 0 Å². The molecule has 15 heavy (non-hydrogen) atoms. The normalized spacial score (nSPS) is 29.4. The van der Waals surface area contributed by atoms with Crippen molar-refractivity contribution in [2.45, 2.75) is 71.6 Å². The third kappa shape index (κ3) is 2.73. The van der Waals surface area contributed by atoms with Crippen LogP contribution in [0.3, 0.4) is 0 Å². The minimum Gasteiger partial charge on any atom is -0.297 e. The second kappa shape index (κ2) is 4.42. The molecule has 0 aromatic carbocycles. The van der Waals surface area contributed by atoms with Gasteiger partial charge in [0, 0.05) is 30.2 Å². The zero-order chi connectivity index (χ0) is 11.8. The molecule has 1 saturated heterocycles. The van der Waals surface area contributed by atoms with Crippen LogP contribution < -0.4 is 0 Å². The summed E-state index contributed by atoms with van der Waals surface area (Å²) in [4.78, 5) is 5.16. The van der Waals surface area contributed by atoms with Gasteiger partial charge in [-0.05, 0) is 55.0 Å². The van der Waals surface area contributed by atoms with Crippen LogP contribution in [0.4, 0.5) is 0 Å². The molecule has 0 radical (unpaired) electrons. The summed E-state index contributed by atoms with van der Waals surface area (Å²) in [6.45, 7) is 15.1. The van der Waals surface area contributed by atoms with Gasteiger partial charge in [-0.3, -0.25) is 9.80 Å². The summed E-state index contributed by atoms with van der Waals surface area (Å²) in [6.07, 6.45) is 1.31. The van der Waals surface area contributed by atoms with E-state index in [1.807, 2.05) is 0 Å². The molecule has 0 aliphatic carbocycles. The molecule has 1 aliphatic heterocycles. The van der Waals surface area contributed by atoms with Crippen LogP contribution in [0.1, 0.15) is 48.0 Å². The minimum atomic E-state index is 0.284. The van der Waals surface area contributed by atoms with Crippen molar-refractivity contribution in [3.8, 4) is 0 Å². The first-order valence-corrected chi connectivity index (χ1v) is 6.24. The molecule has 1 unspecified atom stereocenters. The SMILES string of the molecule is CC(C)N1CCC(N(C)C(C)(C)C)[C@H]1C. The van der Waals surface area contributed by atoms with E-state index in [-0.39, 0.29) is 5.54 Å². The van der Waals surface area contributed by atoms with E-state index >= 15 is 0 Å². The highest BCUT2D eigenvalue weighted by Crippen LogP contribution is 2.28. The van der Waals surface area contributed by atoms with Gasteiger partial charge in [0.25, 0.3) is 0 Å². The molecule has 0 aromatic rings. The van der Waals surface area contributed by atoms with Crippen molar-refractivity contribution >= 4 is 0 Å². The van der Waals surface area contributed by atoms with Gasteiger partial charge >= 0.3 is 0 Å². The molecule has 2 nitrogen and oxygen atoms in total. The molecule has 0 aromatic heterocycles. The summed E-state index contributed by atoms with van der Waals surface area (Å²) in [5.41, 5.74) is 0.284. The van der Waals surface area contributed by atoms with Gasteiger partial charge in [0.05, 0.1) is 0 Å². The Morgan fingerprint density at radius 3 is 2.13 bits per heavy atom. The highest BCUT2D eigenvalue weighted by atomic mass is 15.3. The van der Waals surface area contributed by atoms with Gasteiger partial charge in [0.2, 0.25) is 0 Å². The molecule has 2 atom stereocenters. The van der Waals surface area contributed by atoms with Crippen LogP contribution in [0.5, 0.6) is 0 Å². The Bertz CT molecular complexity index is 205. The van der Waals surface area contributed by atoms with Crippen molar-refractivity contribution in [2.75, 3.05) is 13.6 Å². The smallest absolute Gasteiger partial charge is 0.0263 e. The van der Waals surface area contributed by atoms with E-state index < -0.39 is 0 Å². The van der Waals surface area contributed by atoms with Gasteiger partial charge in [0.15, 0.2) is 0 Å². The van der Waals surface area contributed by atoms with Crippen LogP contribution in [0.2, 0.25) is 0 Å². The van der Waals surface area contributed by atoms with Gasteiger partial charge in [0.1, 0.15) is 0 Å². The molecule has 1 aliphatic rings. The number of likely N-dealkylation sites (N-methyl/N-ethyl adjacent to an activating group) is 1. The molecule has 1 rings (SSSR count). The number of rotatable bonds is 2. The van der Waals surface area contributed by atoms with Crippen molar-refractivity contribution < 1.29 is 0 Å². The van der Waals surface area contributed by atoms with Crippen LogP contribution >= 0.6 is 0 Å². The summed E-state index contributed by atoms with van der Waals surface area (Å²) in [5, 5.41) is 0. The fraction of sp³-hybridized carbons (Fsp3) is 1.00. The fourth-order valence-corrected chi connectivity index (χ4v) is 2.69. The summed E-state index contributed by atoms with van der Waals surface area (Å²) in [6, 6.07) is 2.08. The Hall–Kier alpha value is -0.0800. The fourth-order valence-electron chi connectivity index (χ4n) is 2.69. The second-order valence-corrected chi connectivity index (χ2v) is 6.21. The predicted octanol–water partition coefficient (Wildman–Crippen LogP) is 2.59. The van der Waals surface area contributed by atoms with Gasteiger partial charge in [-0.25, -0.2) is 0 Å². The molecule has 0 spiro atoms. The molecule has 0 amide bonds. The van der Waals surface area contributed by atoms with Gasteiger partial charge in [-0.2, -0.15) is 0 Å². The molecule has 1 fully saturated rings. The first kappa shape index (κ1) is 13.0. The van der Waals surface area contributed by atoms with Crippen LogP contribution in [-0.2, 0) is 0 Å². The average Bonchev–Trinajstić information content (AvgIpc) is 2.44. The molecular weight excluding hydrogens is 184 g/mol. The summed E-state index contributed by atoms with van der Waals surface area (Å²) < 4.78 is 0. The van der Waals surface area contributed by atoms with Crippen LogP contribution in [0.25, 0.3) is 0 Å². The molecule has 0 saturated carbocycles. The Morgan fingerprint density at radius 2 is 1.80 bits per heavy atom. The number of hydrogen-bond acceptors (Lipinski definition) is 2. The molecule has 1 heterocycles. The van der Waals surface area contributed by atoms with E-state index in [1.54, 1.807) is 0 Å². The minimum absolute atomic E-state index is 0.284. The van der Waals surface area contributed by atoms with Crippen molar-refractivity contribution in [3.05, 3.63) is 0 Å². The van der Waals surface area contributed by atoms with Crippen LogP contribution in [0.15, 0.2) is 0 Å². The molecule has 0 bridgehead atoms. The Balaban J connectivity index is 2.67. The molecule has 90 valence electrons. The lowest BCUT2D eigenvalue weighted by molar-refractivity contribution is 0.0845. The Labute approximate surface area is 95.6 Å². The zero-order valence-electron chi connectivity index (χ0n) is 11.5. The highest BCUT2D eigenvalue weighted by molar-refractivity contribution is 4.94. The lowest BCUT2D eigenvalue weighted by atomic mass is 10.0. The maximum atomic E-state index is 2.62. The second-order valence-electron chi connectivity index (χ2n) is 6.21. The summed E-state index contributed by atoms with van der Waals surface area (Å²) >= 11 is 0. The van der Waals surface area contributed by atoms with Gasteiger partial charge in [-0.1, -0.05) is 0 Å². The molecule has 0 N–H and O–H groups in total. The number of likely N-dealkylation sites (tertiary alicyclic amines) is 1. The van der Waals surface area contributed by atoms with E-state index in [9.17, 15) is 0 Å². The van der Waals surface area contributed by atoms with Crippen molar-refractivity contribution in [3.63, 3.8) is 0 Å². The molecular formula is C13H28N2. The first-order chi connectivity index (χ1) is 6.75. The van der Waals surface area contributed by atoms with E-state index in [2.05, 4.69) is 58.4 Å². The maximum absolute atomic E-state index is 2.62. The van der Waals surface area contributed by atoms with Crippen LogP contribution in [0, 0.1) is 0 Å². The predicted molar refractivity (Wildman–Crippen MR) is 67.2 cm³/mol. The topological polar surface area (TPSA) is 6.48 Å². The van der Waals surface area contributed by atoms with Gasteiger partial charge in [-0.15, -0.1) is 0 Å². The standard InChI is InChI=1S/C13H28N2/c1-10(2)15-9-8-12(11(15)3)14(7)13(4,5)6/h10-12H,8-9H2,1-7H3/t11-,12?/m1/s1. The lowest BCUT2D eigenvalue weighted by Gasteiger charge is -2.40. The first-order valence-electron chi connectivity index (χ1n) is 6.24. The summed E-state index contributed by atoms with van der Waals surface area (Å²) in [7, 11) is 2.27. The highest BCUT2D eigenvalue weighted by Gasteiger charge is 2.37. The van der Waals surface area contributed by atoms with Crippen LogP contribution in [-0.4, -0.2) is 47.1 Å². The van der Waals surface area contributed by atoms with Gasteiger partial charge < -0.3 is 0 Å². The molecule has 2 heteroatoms. The lowest BCUT2D eigenvalue weighted by Crippen LogP contribution is -2.50. The van der Waals surface area contributed by atoms with E-state index in [0.29, 0.717) is 18.1 Å². The Morgan fingerprint density at radius 1 is 1.27 bits per heavy atom. The van der Waals surface area contributed by atoms with E-state index in [1.165, 1.54) is 13.0 Å². The van der Waals surface area contributed by atoms with Crippen molar-refractivity contribution in [2.24, 2.45) is 0 Å². The van der Waals surface area contributed by atoms with E-state index in [4.69, 9.17) is 0 Å². The third-order valence-electron chi connectivity index (χ3n) is 3.98. The monoisotopic (exact) mass is 212 g/mol. The number of nitrogens with zero attached hydrogens (tertiary/aromatic N) is 2. The number of hydrogen-bond donors (Lipinski definition) is 0. The van der Waals surface area contributed by atoms with Crippen molar-refractivity contribution in [1.82, 2.24) is 9.80 Å². The zero-order valence-corrected chi connectivity index (χ0v) is 11.5. The Kier molecular flexibility index (Phi) is 3.83. The summed E-state index contributed by atoms with van der Waals surface area (Å²) in [5.74, 6) is 0. The maximum Gasteiger partial charge on any atom is 0.0263 e. The quantitative estimate of drug-likeness (QED) is 0.694. The van der Waals surface area contributed by atoms with E-state index in [0.717, 1.165) is 0 Å². The third-order valence-corrected chi connectivity index (χ3v) is 3.98. The average molecular weight is 212 g/mol. The largest absolute Gasteiger partial charge is 0.297 e.